The van der Waals surface area contributed by atoms with Crippen molar-refractivity contribution in [2.24, 2.45) is 0 Å². The summed E-state index contributed by atoms with van der Waals surface area (Å²) in [5, 5.41) is 9.39. The Hall–Kier alpha value is -4.01. The molecular formula is C22H19N5O4. The number of amides is 3. The van der Waals surface area contributed by atoms with Gasteiger partial charge in [0.1, 0.15) is 6.04 Å². The van der Waals surface area contributed by atoms with Gasteiger partial charge >= 0.3 is 6.01 Å². The van der Waals surface area contributed by atoms with Crippen LogP contribution in [0.4, 0.5) is 6.01 Å². The number of hydrogen-bond donors (Lipinski definition) is 2. The summed E-state index contributed by atoms with van der Waals surface area (Å²) in [6.07, 6.45) is 0.584. The quantitative estimate of drug-likeness (QED) is 0.611. The maximum atomic E-state index is 12.8. The number of rotatable bonds is 5. The van der Waals surface area contributed by atoms with Gasteiger partial charge in [-0.25, -0.2) is 0 Å². The summed E-state index contributed by atoms with van der Waals surface area (Å²) in [7, 11) is 0. The zero-order chi connectivity index (χ0) is 21.4. The predicted octanol–water partition coefficient (Wildman–Crippen LogP) is 2.11. The summed E-state index contributed by atoms with van der Waals surface area (Å²) < 4.78 is 5.26. The van der Waals surface area contributed by atoms with Gasteiger partial charge in [-0.05, 0) is 23.6 Å². The Labute approximate surface area is 177 Å². The van der Waals surface area contributed by atoms with Crippen molar-refractivity contribution in [2.75, 3.05) is 5.32 Å². The highest BCUT2D eigenvalue weighted by Gasteiger charge is 2.39. The smallest absolute Gasteiger partial charge is 0.322 e. The van der Waals surface area contributed by atoms with Gasteiger partial charge in [-0.2, -0.15) is 4.98 Å². The van der Waals surface area contributed by atoms with Gasteiger partial charge in [0.2, 0.25) is 17.6 Å². The van der Waals surface area contributed by atoms with E-state index in [4.69, 9.17) is 4.52 Å². The van der Waals surface area contributed by atoms with Crippen molar-refractivity contribution in [1.82, 2.24) is 20.4 Å². The van der Waals surface area contributed by atoms with Gasteiger partial charge in [0.15, 0.2) is 0 Å². The highest BCUT2D eigenvalue weighted by Crippen LogP contribution is 2.28. The number of imide groups is 1. The second-order valence-electron chi connectivity index (χ2n) is 7.53. The molecule has 5 rings (SSSR count). The van der Waals surface area contributed by atoms with Gasteiger partial charge in [-0.1, -0.05) is 47.6 Å². The van der Waals surface area contributed by atoms with Crippen LogP contribution in [0.1, 0.15) is 34.3 Å². The van der Waals surface area contributed by atoms with Crippen LogP contribution in [0.3, 0.4) is 0 Å². The van der Waals surface area contributed by atoms with Crippen LogP contribution in [0.2, 0.25) is 0 Å². The lowest BCUT2D eigenvalue weighted by atomic mass is 10.0. The predicted molar refractivity (Wildman–Crippen MR) is 110 cm³/mol. The lowest BCUT2D eigenvalue weighted by molar-refractivity contribution is -0.136. The topological polar surface area (TPSA) is 117 Å². The molecule has 2 N–H and O–H groups in total. The number of piperidine rings is 1. The molecule has 0 aliphatic carbocycles. The van der Waals surface area contributed by atoms with E-state index in [0.29, 0.717) is 36.9 Å². The molecule has 2 aliphatic rings. The molecule has 156 valence electrons. The molecule has 1 unspecified atom stereocenters. The van der Waals surface area contributed by atoms with Crippen LogP contribution in [0.5, 0.6) is 0 Å². The van der Waals surface area contributed by atoms with Gasteiger partial charge in [0.05, 0.1) is 0 Å². The molecule has 0 bridgehead atoms. The van der Waals surface area contributed by atoms with Crippen molar-refractivity contribution >= 4 is 23.7 Å². The maximum absolute atomic E-state index is 12.8. The molecule has 1 atom stereocenters. The van der Waals surface area contributed by atoms with Crippen molar-refractivity contribution in [1.29, 1.82) is 0 Å². The number of hydrogen-bond acceptors (Lipinski definition) is 7. The maximum Gasteiger partial charge on any atom is 0.322 e. The Morgan fingerprint density at radius 1 is 1.13 bits per heavy atom. The summed E-state index contributed by atoms with van der Waals surface area (Å²) in [6.45, 7) is 0.781. The number of nitrogens with zero attached hydrogens (tertiary/aromatic N) is 3. The van der Waals surface area contributed by atoms with E-state index in [9.17, 15) is 14.4 Å². The minimum Gasteiger partial charge on any atom is -0.334 e. The lowest BCUT2D eigenvalue weighted by Crippen LogP contribution is -2.52. The van der Waals surface area contributed by atoms with Crippen LogP contribution in [0, 0.1) is 0 Å². The van der Waals surface area contributed by atoms with Crippen LogP contribution < -0.4 is 10.6 Å². The van der Waals surface area contributed by atoms with E-state index in [1.54, 1.807) is 6.07 Å². The second-order valence-corrected chi connectivity index (χ2v) is 7.53. The first kappa shape index (κ1) is 19.0. The van der Waals surface area contributed by atoms with E-state index in [1.807, 2.05) is 42.5 Å². The Morgan fingerprint density at radius 2 is 1.97 bits per heavy atom. The second kappa shape index (κ2) is 7.67. The average molecular weight is 417 g/mol. The number of fused-ring (bicyclic) bond motifs is 1. The molecule has 9 heteroatoms. The summed E-state index contributed by atoms with van der Waals surface area (Å²) >= 11 is 0. The standard InChI is InChI=1S/C22H19N5O4/c28-18-9-8-17(20(29)24-18)27-12-15-10-13(6-7-16(15)21(27)30)11-23-22-25-19(26-31-22)14-4-2-1-3-5-14/h1-7,10,17H,8-9,11-12H2,(H,23,25,26)(H,24,28,29). The molecule has 9 nitrogen and oxygen atoms in total. The Kier molecular flexibility index (Phi) is 4.70. The van der Waals surface area contributed by atoms with Gasteiger partial charge < -0.3 is 14.7 Å². The van der Waals surface area contributed by atoms with E-state index in [1.165, 1.54) is 4.90 Å². The van der Waals surface area contributed by atoms with Gasteiger partial charge in [-0.15, -0.1) is 0 Å². The molecule has 1 saturated heterocycles. The molecule has 2 aliphatic heterocycles. The third-order valence-corrected chi connectivity index (χ3v) is 5.49. The van der Waals surface area contributed by atoms with Gasteiger partial charge in [0, 0.05) is 30.6 Å². The van der Waals surface area contributed by atoms with Crippen molar-refractivity contribution in [3.63, 3.8) is 0 Å². The van der Waals surface area contributed by atoms with E-state index >= 15 is 0 Å². The molecule has 1 aromatic heterocycles. The summed E-state index contributed by atoms with van der Waals surface area (Å²) in [6, 6.07) is 14.8. The van der Waals surface area contributed by atoms with Crippen LogP contribution >= 0.6 is 0 Å². The minimum absolute atomic E-state index is 0.187. The molecule has 3 amide bonds. The summed E-state index contributed by atoms with van der Waals surface area (Å²) in [5.41, 5.74) is 3.24. The molecular weight excluding hydrogens is 398 g/mol. The normalized spacial score (nSPS) is 18.1. The fourth-order valence-electron chi connectivity index (χ4n) is 3.92. The SMILES string of the molecule is O=C1CCC(N2Cc3cc(CNc4nc(-c5ccccc5)no4)ccc3C2=O)C(=O)N1. The number of carbonyl (C=O) groups is 3. The number of aromatic nitrogens is 2. The Balaban J connectivity index is 1.26. The zero-order valence-corrected chi connectivity index (χ0v) is 16.5. The van der Waals surface area contributed by atoms with Crippen LogP contribution in [0.15, 0.2) is 53.1 Å². The van der Waals surface area contributed by atoms with E-state index in [0.717, 1.165) is 16.7 Å². The Bertz CT molecular complexity index is 1170. The number of carbonyl (C=O) groups excluding carboxylic acids is 3. The summed E-state index contributed by atoms with van der Waals surface area (Å²) in [5.74, 6) is -0.393. The third-order valence-electron chi connectivity index (χ3n) is 5.49. The van der Waals surface area contributed by atoms with Gasteiger partial charge in [-0.3, -0.25) is 19.7 Å². The van der Waals surface area contributed by atoms with Gasteiger partial charge in [0.25, 0.3) is 5.91 Å². The van der Waals surface area contributed by atoms with E-state index in [2.05, 4.69) is 20.8 Å². The number of benzene rings is 2. The molecule has 0 spiro atoms. The van der Waals surface area contributed by atoms with Crippen molar-refractivity contribution in [3.8, 4) is 11.4 Å². The van der Waals surface area contributed by atoms with Crippen molar-refractivity contribution in [3.05, 3.63) is 65.2 Å². The molecule has 0 saturated carbocycles. The van der Waals surface area contributed by atoms with E-state index < -0.39 is 11.9 Å². The molecule has 31 heavy (non-hydrogen) atoms. The van der Waals surface area contributed by atoms with Crippen LogP contribution in [0.25, 0.3) is 11.4 Å². The molecule has 3 aromatic rings. The fourth-order valence-corrected chi connectivity index (χ4v) is 3.92. The molecule has 1 fully saturated rings. The average Bonchev–Trinajstić information content (AvgIpc) is 3.38. The van der Waals surface area contributed by atoms with Crippen molar-refractivity contribution < 1.29 is 18.9 Å². The Morgan fingerprint density at radius 3 is 2.77 bits per heavy atom. The fraction of sp³-hybridized carbons (Fsp3) is 0.227. The highest BCUT2D eigenvalue weighted by molar-refractivity contribution is 6.05. The lowest BCUT2D eigenvalue weighted by Gasteiger charge is -2.29. The zero-order valence-electron chi connectivity index (χ0n) is 16.5. The molecule has 0 radical (unpaired) electrons. The first-order chi connectivity index (χ1) is 15.1. The largest absolute Gasteiger partial charge is 0.334 e. The summed E-state index contributed by atoms with van der Waals surface area (Å²) in [4.78, 5) is 42.2. The monoisotopic (exact) mass is 417 g/mol. The number of anilines is 1. The molecule has 3 heterocycles. The van der Waals surface area contributed by atoms with Crippen LogP contribution in [-0.2, 0) is 22.7 Å². The van der Waals surface area contributed by atoms with Crippen molar-refractivity contribution in [2.45, 2.75) is 32.0 Å². The molecule has 2 aromatic carbocycles. The van der Waals surface area contributed by atoms with Crippen LogP contribution in [-0.4, -0.2) is 38.8 Å². The first-order valence-corrected chi connectivity index (χ1v) is 9.98. The number of nitrogens with one attached hydrogen (secondary N) is 2. The van der Waals surface area contributed by atoms with E-state index in [-0.39, 0.29) is 18.2 Å². The highest BCUT2D eigenvalue weighted by atomic mass is 16.5. The third kappa shape index (κ3) is 3.65. The minimum atomic E-state index is -0.617. The first-order valence-electron chi connectivity index (χ1n) is 9.98.